The lowest BCUT2D eigenvalue weighted by molar-refractivity contribution is -0.152. The predicted molar refractivity (Wildman–Crippen MR) is 126 cm³/mol. The zero-order chi connectivity index (χ0) is 25.3. The predicted octanol–water partition coefficient (Wildman–Crippen LogP) is 4.58. The van der Waals surface area contributed by atoms with Crippen molar-refractivity contribution in [3.05, 3.63) is 35.6 Å². The third-order valence-corrected chi connectivity index (χ3v) is 8.39. The van der Waals surface area contributed by atoms with Crippen LogP contribution in [0.5, 0.6) is 0 Å². The van der Waals surface area contributed by atoms with E-state index in [0.29, 0.717) is 12.3 Å². The van der Waals surface area contributed by atoms with Crippen LogP contribution in [0.25, 0.3) is 0 Å². The number of aliphatic hydroxyl groups is 1. The van der Waals surface area contributed by atoms with Crippen molar-refractivity contribution >= 4 is 23.5 Å². The molecule has 0 aliphatic heterocycles. The van der Waals surface area contributed by atoms with Gasteiger partial charge >= 0.3 is 11.9 Å². The summed E-state index contributed by atoms with van der Waals surface area (Å²) in [5.41, 5.74) is 0.256. The number of carbonyl (C=O) groups excluding carboxylic acids is 3. The number of Topliss-reactive ketones (excluding diaryl/α,β-unsaturated/α-hetero) is 2. The van der Waals surface area contributed by atoms with E-state index in [9.17, 15) is 24.3 Å². The zero-order valence-corrected chi connectivity index (χ0v) is 20.5. The van der Waals surface area contributed by atoms with E-state index >= 15 is 0 Å². The molecule has 6 atom stereocenters. The van der Waals surface area contributed by atoms with Gasteiger partial charge in [0.25, 0.3) is 0 Å². The van der Waals surface area contributed by atoms with E-state index in [0.717, 1.165) is 24.8 Å². The molecule has 4 rings (SSSR count). The Hall–Kier alpha value is -2.70. The van der Waals surface area contributed by atoms with E-state index in [1.807, 2.05) is 6.08 Å². The second kappa shape index (κ2) is 9.88. The van der Waals surface area contributed by atoms with Gasteiger partial charge in [-0.2, -0.15) is 0 Å². The maximum Gasteiger partial charge on any atom is 0.305 e. The fourth-order valence-corrected chi connectivity index (χ4v) is 6.68. The van der Waals surface area contributed by atoms with Gasteiger partial charge in [-0.1, -0.05) is 39.8 Å². The lowest BCUT2D eigenvalue weighted by atomic mass is 9.48. The molecule has 2 N–H and O–H groups in total. The van der Waals surface area contributed by atoms with Crippen molar-refractivity contribution in [2.45, 2.75) is 66.2 Å². The Labute approximate surface area is 200 Å². The lowest BCUT2D eigenvalue weighted by Crippen LogP contribution is -2.54. The first-order valence-electron chi connectivity index (χ1n) is 12.2. The van der Waals surface area contributed by atoms with Crippen LogP contribution < -0.4 is 0 Å². The Balaban J connectivity index is 0.000000588. The normalized spacial score (nSPS) is 35.5. The van der Waals surface area contributed by atoms with Gasteiger partial charge < -0.3 is 14.9 Å². The number of carboxylic acids is 1. The van der Waals surface area contributed by atoms with Crippen molar-refractivity contribution in [2.24, 2.45) is 34.5 Å². The lowest BCUT2D eigenvalue weighted by Gasteiger charge is -2.54. The molecule has 7 nitrogen and oxygen atoms in total. The molecule has 0 amide bonds. The number of esters is 1. The summed E-state index contributed by atoms with van der Waals surface area (Å²) in [4.78, 5) is 47.2. The maximum absolute atomic E-state index is 13.5. The van der Waals surface area contributed by atoms with Gasteiger partial charge in [0.2, 0.25) is 0 Å². The number of hydrogen-bond acceptors (Lipinski definition) is 6. The number of fused-ring (bicyclic) bond motifs is 5. The average molecular weight is 473 g/mol. The molecule has 0 spiro atoms. The molecule has 34 heavy (non-hydrogen) atoms. The van der Waals surface area contributed by atoms with Crippen LogP contribution in [-0.2, 0) is 23.9 Å². The first kappa shape index (κ1) is 25.9. The van der Waals surface area contributed by atoms with Crippen LogP contribution in [0.1, 0.15) is 66.2 Å². The molecule has 6 unspecified atom stereocenters. The van der Waals surface area contributed by atoms with E-state index < -0.39 is 11.4 Å². The topological polar surface area (TPSA) is 118 Å². The van der Waals surface area contributed by atoms with E-state index in [1.54, 1.807) is 26.0 Å². The Morgan fingerprint density at radius 2 is 1.82 bits per heavy atom. The number of aliphatic carboxylic acids is 1. The number of carbonyl (C=O) groups is 4. The third kappa shape index (κ3) is 4.62. The molecule has 4 aliphatic carbocycles. The first-order chi connectivity index (χ1) is 16.0. The summed E-state index contributed by atoms with van der Waals surface area (Å²) >= 11 is 0. The molecule has 4 aliphatic rings. The molecular weight excluding hydrogens is 436 g/mol. The summed E-state index contributed by atoms with van der Waals surface area (Å²) in [7, 11) is 0. The monoisotopic (exact) mass is 472 g/mol. The Morgan fingerprint density at radius 1 is 1.15 bits per heavy atom. The van der Waals surface area contributed by atoms with Crippen LogP contribution in [-0.4, -0.2) is 40.3 Å². The smallest absolute Gasteiger partial charge is 0.305 e. The summed E-state index contributed by atoms with van der Waals surface area (Å²) in [5.74, 6) is -0.570. The Morgan fingerprint density at radius 3 is 2.44 bits per heavy atom. The fraction of sp³-hybridized carbons (Fsp3) is 0.630. The number of ketones is 2. The Kier molecular flexibility index (Phi) is 7.53. The standard InChI is InChI=1S/C24H30O5.C3H6O2/c1-4-21(28)29-13-20(27)18-8-7-17-16-6-5-14-11-15(25)9-10-23(14,2)22(16)19(26)12-24(17,18)3;1-2-3(4)5/h5,9-11,16-18,22,25H,4,6-8,12-13H2,1-3H3;2H2,1H3,(H,4,5). The number of carboxylic acid groups (broad SMARTS) is 1. The second-order valence-electron chi connectivity index (χ2n) is 10.3. The van der Waals surface area contributed by atoms with Crippen LogP contribution in [0.15, 0.2) is 35.6 Å². The van der Waals surface area contributed by atoms with Crippen LogP contribution in [0.4, 0.5) is 0 Å². The maximum atomic E-state index is 13.5. The molecule has 7 heteroatoms. The first-order valence-corrected chi connectivity index (χ1v) is 12.2. The quantitative estimate of drug-likeness (QED) is 0.563. The van der Waals surface area contributed by atoms with Gasteiger partial charge in [-0.3, -0.25) is 19.2 Å². The van der Waals surface area contributed by atoms with Crippen molar-refractivity contribution in [2.75, 3.05) is 6.61 Å². The van der Waals surface area contributed by atoms with Gasteiger partial charge in [0.15, 0.2) is 5.78 Å². The highest BCUT2D eigenvalue weighted by atomic mass is 16.5. The van der Waals surface area contributed by atoms with E-state index in [-0.39, 0.29) is 65.9 Å². The van der Waals surface area contributed by atoms with Gasteiger partial charge in [-0.05, 0) is 54.2 Å². The highest BCUT2D eigenvalue weighted by molar-refractivity contribution is 5.89. The molecular formula is C27H36O7. The number of allylic oxidation sites excluding steroid dienone is 5. The van der Waals surface area contributed by atoms with E-state index in [1.165, 1.54) is 0 Å². The van der Waals surface area contributed by atoms with Gasteiger partial charge in [0.05, 0.1) is 0 Å². The van der Waals surface area contributed by atoms with E-state index in [4.69, 9.17) is 9.84 Å². The average Bonchev–Trinajstić information content (AvgIpc) is 3.14. The number of rotatable bonds is 5. The molecule has 0 aromatic carbocycles. The van der Waals surface area contributed by atoms with Gasteiger partial charge in [-0.25, -0.2) is 0 Å². The number of ether oxygens (including phenoxy) is 1. The zero-order valence-electron chi connectivity index (χ0n) is 20.5. The van der Waals surface area contributed by atoms with Crippen LogP contribution >= 0.6 is 0 Å². The van der Waals surface area contributed by atoms with Gasteiger partial charge in [0, 0.05) is 36.5 Å². The number of hydrogen-bond donors (Lipinski definition) is 2. The second-order valence-corrected chi connectivity index (χ2v) is 10.3. The van der Waals surface area contributed by atoms with Gasteiger partial charge in [-0.15, -0.1) is 0 Å². The summed E-state index contributed by atoms with van der Waals surface area (Å²) < 4.78 is 5.10. The minimum Gasteiger partial charge on any atom is -0.508 e. The molecule has 186 valence electrons. The third-order valence-electron chi connectivity index (χ3n) is 8.39. The summed E-state index contributed by atoms with van der Waals surface area (Å²) in [6.45, 7) is 7.31. The minimum absolute atomic E-state index is 0.0493. The Bertz CT molecular complexity index is 958. The molecule has 2 fully saturated rings. The summed E-state index contributed by atoms with van der Waals surface area (Å²) in [5, 5.41) is 17.6. The largest absolute Gasteiger partial charge is 0.508 e. The van der Waals surface area contributed by atoms with Crippen LogP contribution in [0, 0.1) is 34.5 Å². The van der Waals surface area contributed by atoms with Crippen molar-refractivity contribution in [1.29, 1.82) is 0 Å². The molecule has 0 aromatic rings. The van der Waals surface area contributed by atoms with Crippen molar-refractivity contribution < 1.29 is 34.1 Å². The highest BCUT2D eigenvalue weighted by Gasteiger charge is 2.62. The molecule has 0 radical (unpaired) electrons. The summed E-state index contributed by atoms with van der Waals surface area (Å²) in [6.07, 6.45) is 11.0. The SMILES string of the molecule is CCC(=O)O.CCC(=O)OCC(=O)C1CCC2C3CC=C4C=C(O)C=CC4(C)C3C(=O)CC12C. The molecule has 0 aromatic heterocycles. The fourth-order valence-electron chi connectivity index (χ4n) is 6.68. The van der Waals surface area contributed by atoms with E-state index in [2.05, 4.69) is 19.9 Å². The highest BCUT2D eigenvalue weighted by Crippen LogP contribution is 2.64. The summed E-state index contributed by atoms with van der Waals surface area (Å²) in [6, 6.07) is 0. The minimum atomic E-state index is -0.745. The van der Waals surface area contributed by atoms with Crippen molar-refractivity contribution in [3.8, 4) is 0 Å². The molecule has 0 bridgehead atoms. The molecule has 2 saturated carbocycles. The molecule has 0 saturated heterocycles. The van der Waals surface area contributed by atoms with Crippen LogP contribution in [0.2, 0.25) is 0 Å². The van der Waals surface area contributed by atoms with Crippen LogP contribution in [0.3, 0.4) is 0 Å². The molecule has 0 heterocycles. The van der Waals surface area contributed by atoms with Gasteiger partial charge in [0.1, 0.15) is 18.1 Å². The van der Waals surface area contributed by atoms with Crippen molar-refractivity contribution in [3.63, 3.8) is 0 Å². The number of aliphatic hydroxyl groups excluding tert-OH is 1. The van der Waals surface area contributed by atoms with Crippen molar-refractivity contribution in [1.82, 2.24) is 0 Å².